The lowest BCUT2D eigenvalue weighted by molar-refractivity contribution is -0.308. The minimum Gasteiger partial charge on any atom is -0.550 e. The summed E-state index contributed by atoms with van der Waals surface area (Å²) in [5, 5.41) is 10.9. The van der Waals surface area contributed by atoms with Gasteiger partial charge in [0.25, 0.3) is 0 Å². The predicted octanol–water partition coefficient (Wildman–Crippen LogP) is 0.888. The molecule has 0 radical (unpaired) electrons. The first-order valence-corrected chi connectivity index (χ1v) is 6.72. The summed E-state index contributed by atoms with van der Waals surface area (Å²) in [7, 11) is 0. The van der Waals surface area contributed by atoms with E-state index in [0.717, 1.165) is 25.7 Å². The molecule has 2 unspecified atom stereocenters. The largest absolute Gasteiger partial charge is 0.550 e. The fourth-order valence-corrected chi connectivity index (χ4v) is 2.96. The molecule has 0 aromatic heterocycles. The second-order valence-electron chi connectivity index (χ2n) is 6.41. The number of carbonyl (C=O) groups is 2. The summed E-state index contributed by atoms with van der Waals surface area (Å²) in [5.41, 5.74) is -0.804. The number of aliphatic carboxylic acids is 1. The summed E-state index contributed by atoms with van der Waals surface area (Å²) in [6.07, 6.45) is 3.88. The molecule has 2 aliphatic rings. The Morgan fingerprint density at radius 3 is 2.26 bits per heavy atom. The number of hydrogen-bond acceptors (Lipinski definition) is 4. The van der Waals surface area contributed by atoms with Crippen LogP contribution in [0.4, 0.5) is 0 Å². The number of carboxylic acids is 1. The second-order valence-corrected chi connectivity index (χ2v) is 6.41. The van der Waals surface area contributed by atoms with Crippen molar-refractivity contribution in [1.29, 1.82) is 0 Å². The minimum absolute atomic E-state index is 0.318. The van der Waals surface area contributed by atoms with Crippen molar-refractivity contribution < 1.29 is 19.4 Å². The molecular formula is C15H19O4-. The van der Waals surface area contributed by atoms with Gasteiger partial charge in [-0.25, -0.2) is 4.79 Å². The summed E-state index contributed by atoms with van der Waals surface area (Å²) < 4.78 is 5.37. The van der Waals surface area contributed by atoms with E-state index < -0.39 is 28.9 Å². The molecule has 104 valence electrons. The quantitative estimate of drug-likeness (QED) is 0.421. The fourth-order valence-electron chi connectivity index (χ4n) is 2.96. The number of esters is 1. The maximum absolute atomic E-state index is 11.7. The summed E-state index contributed by atoms with van der Waals surface area (Å²) in [6, 6.07) is 0. The van der Waals surface area contributed by atoms with E-state index in [-0.39, 0.29) is 5.92 Å². The summed E-state index contributed by atoms with van der Waals surface area (Å²) in [6.45, 7) is 5.55. The Kier molecular flexibility index (Phi) is 3.34. The Labute approximate surface area is 113 Å². The van der Waals surface area contributed by atoms with E-state index in [1.54, 1.807) is 0 Å². The normalized spacial score (nSPS) is 30.1. The smallest absolute Gasteiger partial charge is 0.384 e. The molecular weight excluding hydrogens is 244 g/mol. The lowest BCUT2D eigenvalue weighted by atomic mass is 10.1. The molecule has 0 amide bonds. The highest BCUT2D eigenvalue weighted by Gasteiger charge is 2.58. The van der Waals surface area contributed by atoms with E-state index in [1.807, 2.05) is 20.8 Å². The number of carbonyl (C=O) groups excluding carboxylic acids is 2. The topological polar surface area (TPSA) is 66.4 Å². The van der Waals surface area contributed by atoms with Gasteiger partial charge in [0, 0.05) is 23.7 Å². The van der Waals surface area contributed by atoms with Gasteiger partial charge >= 0.3 is 5.97 Å². The van der Waals surface area contributed by atoms with Gasteiger partial charge in [0.15, 0.2) is 0 Å². The van der Waals surface area contributed by atoms with Gasteiger partial charge in [-0.15, -0.1) is 0 Å². The zero-order chi connectivity index (χ0) is 14.3. The van der Waals surface area contributed by atoms with Crippen LogP contribution >= 0.6 is 0 Å². The molecule has 0 aromatic carbocycles. The van der Waals surface area contributed by atoms with Crippen molar-refractivity contribution in [3.63, 3.8) is 0 Å². The Hall–Kier alpha value is -1.50. The average molecular weight is 263 g/mol. The standard InChI is InChI=1S/C15H20O4/c1-14(2)10(12(14)13(17)18)6-7-11(16)19-15(3)8-4-5-9-15/h10,12H,4-5,8-9H2,1-3H3,(H,17,18)/p-1. The van der Waals surface area contributed by atoms with Crippen LogP contribution in [0.2, 0.25) is 0 Å². The molecule has 0 aliphatic heterocycles. The highest BCUT2D eigenvalue weighted by Crippen LogP contribution is 2.57. The van der Waals surface area contributed by atoms with Crippen molar-refractivity contribution in [3.05, 3.63) is 0 Å². The van der Waals surface area contributed by atoms with E-state index in [4.69, 9.17) is 4.74 Å². The third-order valence-corrected chi connectivity index (χ3v) is 4.41. The van der Waals surface area contributed by atoms with Crippen molar-refractivity contribution in [2.45, 2.75) is 52.1 Å². The van der Waals surface area contributed by atoms with E-state index in [1.165, 1.54) is 0 Å². The first-order valence-electron chi connectivity index (χ1n) is 6.72. The molecule has 0 heterocycles. The molecule has 2 atom stereocenters. The second kappa shape index (κ2) is 4.56. The van der Waals surface area contributed by atoms with Crippen LogP contribution < -0.4 is 5.11 Å². The molecule has 0 bridgehead atoms. The highest BCUT2D eigenvalue weighted by atomic mass is 16.6. The van der Waals surface area contributed by atoms with Gasteiger partial charge in [0.2, 0.25) is 0 Å². The Morgan fingerprint density at radius 2 is 1.79 bits per heavy atom. The maximum atomic E-state index is 11.7. The number of carboxylic acid groups (broad SMARTS) is 1. The predicted molar refractivity (Wildman–Crippen MR) is 66.5 cm³/mol. The molecule has 0 N–H and O–H groups in total. The number of hydrogen-bond donors (Lipinski definition) is 0. The molecule has 2 saturated carbocycles. The summed E-state index contributed by atoms with van der Waals surface area (Å²) in [4.78, 5) is 22.5. The van der Waals surface area contributed by atoms with Crippen LogP contribution in [0.3, 0.4) is 0 Å². The molecule has 2 rings (SSSR count). The van der Waals surface area contributed by atoms with E-state index >= 15 is 0 Å². The number of rotatable bonds is 2. The lowest BCUT2D eigenvalue weighted by Gasteiger charge is -2.22. The molecule has 19 heavy (non-hydrogen) atoms. The Morgan fingerprint density at radius 1 is 1.21 bits per heavy atom. The van der Waals surface area contributed by atoms with Gasteiger partial charge in [-0.3, -0.25) is 0 Å². The van der Waals surface area contributed by atoms with Crippen LogP contribution in [0, 0.1) is 29.1 Å². The van der Waals surface area contributed by atoms with Crippen LogP contribution in [0.25, 0.3) is 0 Å². The van der Waals surface area contributed by atoms with Crippen molar-refractivity contribution in [1.82, 2.24) is 0 Å². The minimum atomic E-state index is -1.10. The zero-order valence-electron chi connectivity index (χ0n) is 11.6. The van der Waals surface area contributed by atoms with Crippen molar-refractivity contribution >= 4 is 11.9 Å². The van der Waals surface area contributed by atoms with Crippen LogP contribution in [0.1, 0.15) is 46.5 Å². The third kappa shape index (κ3) is 2.75. The molecule has 2 aliphatic carbocycles. The van der Waals surface area contributed by atoms with Crippen LogP contribution in [-0.4, -0.2) is 17.5 Å². The molecule has 4 nitrogen and oxygen atoms in total. The van der Waals surface area contributed by atoms with Gasteiger partial charge in [0.05, 0.1) is 0 Å². The van der Waals surface area contributed by atoms with Gasteiger partial charge < -0.3 is 14.6 Å². The molecule has 0 saturated heterocycles. The third-order valence-electron chi connectivity index (χ3n) is 4.41. The van der Waals surface area contributed by atoms with Gasteiger partial charge in [0.1, 0.15) is 5.60 Å². The van der Waals surface area contributed by atoms with Crippen molar-refractivity contribution in [3.8, 4) is 11.8 Å². The Bertz CT molecular complexity index is 460. The summed E-state index contributed by atoms with van der Waals surface area (Å²) in [5.74, 6) is 2.60. The highest BCUT2D eigenvalue weighted by molar-refractivity contribution is 5.89. The first kappa shape index (κ1) is 13.9. The Balaban J connectivity index is 1.94. The van der Waals surface area contributed by atoms with E-state index in [2.05, 4.69) is 11.8 Å². The van der Waals surface area contributed by atoms with Crippen LogP contribution in [-0.2, 0) is 14.3 Å². The molecule has 0 spiro atoms. The zero-order valence-corrected chi connectivity index (χ0v) is 11.6. The van der Waals surface area contributed by atoms with E-state index in [9.17, 15) is 14.7 Å². The lowest BCUT2D eigenvalue weighted by Crippen LogP contribution is -2.27. The van der Waals surface area contributed by atoms with Gasteiger partial charge in [-0.1, -0.05) is 19.8 Å². The number of ether oxygens (including phenoxy) is 1. The SMILES string of the molecule is CC1(OC(=O)C#CC2C(C(=O)[O-])C2(C)C)CCCC1. The monoisotopic (exact) mass is 263 g/mol. The van der Waals surface area contributed by atoms with Crippen molar-refractivity contribution in [2.24, 2.45) is 17.3 Å². The van der Waals surface area contributed by atoms with Gasteiger partial charge in [-0.05, 0) is 38.0 Å². The average Bonchev–Trinajstić information content (AvgIpc) is 2.62. The summed E-state index contributed by atoms with van der Waals surface area (Å²) >= 11 is 0. The van der Waals surface area contributed by atoms with E-state index in [0.29, 0.717) is 0 Å². The first-order chi connectivity index (χ1) is 8.76. The maximum Gasteiger partial charge on any atom is 0.384 e. The molecule has 0 aromatic rings. The molecule has 4 heteroatoms. The van der Waals surface area contributed by atoms with Crippen LogP contribution in [0.5, 0.6) is 0 Å². The van der Waals surface area contributed by atoms with Gasteiger partial charge in [-0.2, -0.15) is 0 Å². The van der Waals surface area contributed by atoms with Crippen molar-refractivity contribution in [2.75, 3.05) is 0 Å². The molecule has 2 fully saturated rings. The fraction of sp³-hybridized carbons (Fsp3) is 0.733. The van der Waals surface area contributed by atoms with Crippen LogP contribution in [0.15, 0.2) is 0 Å².